The molecule has 2 aromatic heterocycles. The van der Waals surface area contributed by atoms with Gasteiger partial charge in [-0.25, -0.2) is 9.78 Å². The Balaban J connectivity index is 1.41. The first-order valence-electron chi connectivity index (χ1n) is 12.3. The zero-order valence-corrected chi connectivity index (χ0v) is 20.6. The van der Waals surface area contributed by atoms with E-state index >= 15 is 0 Å². The highest BCUT2D eigenvalue weighted by Crippen LogP contribution is 2.31. The molecule has 0 aliphatic carbocycles. The van der Waals surface area contributed by atoms with Crippen LogP contribution in [0.2, 0.25) is 0 Å². The van der Waals surface area contributed by atoms with E-state index in [1.807, 2.05) is 24.3 Å². The zero-order valence-electron chi connectivity index (χ0n) is 20.6. The lowest BCUT2D eigenvalue weighted by Crippen LogP contribution is -2.50. The zero-order chi connectivity index (χ0) is 25.9. The summed E-state index contributed by atoms with van der Waals surface area (Å²) in [7, 11) is 0. The molecule has 1 fully saturated rings. The van der Waals surface area contributed by atoms with E-state index in [0.29, 0.717) is 31.0 Å². The van der Waals surface area contributed by atoms with Crippen LogP contribution in [0.15, 0.2) is 48.8 Å². The number of anilines is 3. The van der Waals surface area contributed by atoms with Crippen molar-refractivity contribution >= 4 is 45.5 Å². The number of benzene rings is 1. The molecule has 2 atom stereocenters. The number of amides is 2. The van der Waals surface area contributed by atoms with Gasteiger partial charge in [-0.2, -0.15) is 0 Å². The van der Waals surface area contributed by atoms with E-state index < -0.39 is 12.0 Å². The molecule has 10 heteroatoms. The summed E-state index contributed by atoms with van der Waals surface area (Å²) in [5, 5.41) is 15.5. The minimum atomic E-state index is -1.04. The lowest BCUT2D eigenvalue weighted by Gasteiger charge is -2.38. The van der Waals surface area contributed by atoms with Gasteiger partial charge in [0.05, 0.1) is 42.0 Å². The number of hydrogen-bond acceptors (Lipinski definition) is 7. The first-order valence-corrected chi connectivity index (χ1v) is 12.3. The summed E-state index contributed by atoms with van der Waals surface area (Å²) in [5.74, 6) is -0.172. The Bertz CT molecular complexity index is 1370. The quantitative estimate of drug-likeness (QED) is 0.413. The molecule has 5 N–H and O–H groups in total. The van der Waals surface area contributed by atoms with Gasteiger partial charge in [0, 0.05) is 30.7 Å². The van der Waals surface area contributed by atoms with E-state index in [1.165, 1.54) is 5.57 Å². The summed E-state index contributed by atoms with van der Waals surface area (Å²) in [6.45, 7) is 4.57. The Morgan fingerprint density at radius 3 is 2.86 bits per heavy atom. The lowest BCUT2D eigenvalue weighted by atomic mass is 9.95. The lowest BCUT2D eigenvalue weighted by molar-refractivity contribution is 0.102. The number of piperidine rings is 1. The highest BCUT2D eigenvalue weighted by molar-refractivity contribution is 6.09. The largest absolute Gasteiger partial charge is 0.465 e. The molecule has 0 spiro atoms. The minimum absolute atomic E-state index is 0.137. The number of nitrogen functional groups attached to an aromatic ring is 1. The molecule has 0 unspecified atom stereocenters. The number of carbonyl (C=O) groups is 2. The molecule has 1 aromatic carbocycles. The van der Waals surface area contributed by atoms with E-state index in [0.717, 1.165) is 36.0 Å². The van der Waals surface area contributed by atoms with Gasteiger partial charge in [-0.3, -0.25) is 9.78 Å². The molecule has 3 aromatic rings. The predicted octanol–water partition coefficient (Wildman–Crippen LogP) is 3.75. The summed E-state index contributed by atoms with van der Waals surface area (Å²) in [6, 6.07) is 9.34. The Labute approximate surface area is 214 Å². The average molecular weight is 503 g/mol. The standard InChI is InChI=1S/C27H30N6O4/c1-16-10-20(30-27(35)36)15-33(14-16)24-4-7-29-13-23(24)32-26(34)25-21(28)11-19-3-2-18(12-22(19)31-25)17-5-8-37-9-6-17/h2-5,7,11-13,16,20,30H,6,8-10,14-15,28H2,1H3,(H,32,34)(H,35,36)/t16-,20+/m1/s1. The van der Waals surface area contributed by atoms with E-state index in [-0.39, 0.29) is 23.3 Å². The summed E-state index contributed by atoms with van der Waals surface area (Å²) in [6.07, 6.45) is 5.83. The summed E-state index contributed by atoms with van der Waals surface area (Å²) < 4.78 is 5.41. The van der Waals surface area contributed by atoms with Crippen LogP contribution in [0.1, 0.15) is 35.8 Å². The van der Waals surface area contributed by atoms with Crippen molar-refractivity contribution in [2.45, 2.75) is 25.8 Å². The van der Waals surface area contributed by atoms with Crippen LogP contribution in [0.4, 0.5) is 21.9 Å². The molecular formula is C27H30N6O4. The summed E-state index contributed by atoms with van der Waals surface area (Å²) in [4.78, 5) is 35.4. The second kappa shape index (κ2) is 10.4. The van der Waals surface area contributed by atoms with Crippen LogP contribution in [-0.4, -0.2) is 59.4 Å². The van der Waals surface area contributed by atoms with Crippen LogP contribution in [-0.2, 0) is 4.74 Å². The maximum absolute atomic E-state index is 13.4. The average Bonchev–Trinajstić information content (AvgIpc) is 2.88. The highest BCUT2D eigenvalue weighted by atomic mass is 16.5. The number of rotatable bonds is 5. The van der Waals surface area contributed by atoms with Gasteiger partial charge in [0.25, 0.3) is 5.91 Å². The van der Waals surface area contributed by atoms with Crippen molar-refractivity contribution in [3.8, 4) is 0 Å². The number of carboxylic acid groups (broad SMARTS) is 1. The van der Waals surface area contributed by atoms with Crippen molar-refractivity contribution in [1.82, 2.24) is 15.3 Å². The fourth-order valence-electron chi connectivity index (χ4n) is 5.12. The van der Waals surface area contributed by atoms with Crippen LogP contribution in [0.3, 0.4) is 0 Å². The Kier molecular flexibility index (Phi) is 6.91. The summed E-state index contributed by atoms with van der Waals surface area (Å²) in [5.41, 5.74) is 10.9. The van der Waals surface area contributed by atoms with E-state index in [9.17, 15) is 14.7 Å². The Hall–Kier alpha value is -4.18. The highest BCUT2D eigenvalue weighted by Gasteiger charge is 2.28. The number of hydrogen-bond donors (Lipinski definition) is 4. The van der Waals surface area contributed by atoms with Crippen LogP contribution < -0.4 is 21.3 Å². The summed E-state index contributed by atoms with van der Waals surface area (Å²) >= 11 is 0. The van der Waals surface area contributed by atoms with E-state index in [1.54, 1.807) is 18.5 Å². The van der Waals surface area contributed by atoms with Crippen LogP contribution in [0, 0.1) is 5.92 Å². The molecule has 0 radical (unpaired) electrons. The normalized spacial score (nSPS) is 19.8. The van der Waals surface area contributed by atoms with Gasteiger partial charge in [-0.05, 0) is 48.1 Å². The molecule has 0 bridgehead atoms. The van der Waals surface area contributed by atoms with Gasteiger partial charge < -0.3 is 31.1 Å². The maximum Gasteiger partial charge on any atom is 0.404 e. The van der Waals surface area contributed by atoms with Crippen molar-refractivity contribution in [2.24, 2.45) is 5.92 Å². The van der Waals surface area contributed by atoms with Crippen LogP contribution in [0.25, 0.3) is 16.5 Å². The number of ether oxygens (including phenoxy) is 1. The first kappa shape index (κ1) is 24.5. The van der Waals surface area contributed by atoms with Gasteiger partial charge in [0.15, 0.2) is 5.69 Å². The first-order chi connectivity index (χ1) is 17.9. The minimum Gasteiger partial charge on any atom is -0.465 e. The monoisotopic (exact) mass is 502 g/mol. The number of nitrogens with zero attached hydrogens (tertiary/aromatic N) is 3. The molecule has 10 nitrogen and oxygen atoms in total. The molecular weight excluding hydrogens is 472 g/mol. The third-order valence-electron chi connectivity index (χ3n) is 6.77. The molecule has 1 saturated heterocycles. The molecule has 2 aliphatic rings. The number of carbonyl (C=O) groups excluding carboxylic acids is 1. The Morgan fingerprint density at radius 1 is 1.22 bits per heavy atom. The predicted molar refractivity (Wildman–Crippen MR) is 143 cm³/mol. The SMILES string of the molecule is C[C@@H]1C[C@H](NC(=O)O)CN(c2ccncc2NC(=O)c2nc3cc(C4=CCOCC4)ccc3cc2N)C1. The molecule has 2 aliphatic heterocycles. The number of fused-ring (bicyclic) bond motifs is 1. The number of nitrogens with one attached hydrogen (secondary N) is 2. The number of nitrogens with two attached hydrogens (primary N) is 1. The molecule has 192 valence electrons. The fraction of sp³-hybridized carbons (Fsp3) is 0.333. The molecule has 2 amide bonds. The van der Waals surface area contributed by atoms with Crippen molar-refractivity contribution < 1.29 is 19.4 Å². The van der Waals surface area contributed by atoms with E-state index in [4.69, 9.17) is 10.5 Å². The van der Waals surface area contributed by atoms with Gasteiger partial charge in [-0.15, -0.1) is 0 Å². The van der Waals surface area contributed by atoms with Crippen molar-refractivity contribution in [3.05, 3.63) is 60.1 Å². The van der Waals surface area contributed by atoms with E-state index in [2.05, 4.69) is 38.5 Å². The number of pyridine rings is 2. The maximum atomic E-state index is 13.4. The van der Waals surface area contributed by atoms with Gasteiger partial charge >= 0.3 is 6.09 Å². The second-order valence-electron chi connectivity index (χ2n) is 9.63. The fourth-order valence-corrected chi connectivity index (χ4v) is 5.12. The van der Waals surface area contributed by atoms with Crippen LogP contribution in [0.5, 0.6) is 0 Å². The number of aromatic nitrogens is 2. The van der Waals surface area contributed by atoms with Crippen molar-refractivity contribution in [1.29, 1.82) is 0 Å². The smallest absolute Gasteiger partial charge is 0.404 e. The third kappa shape index (κ3) is 5.49. The van der Waals surface area contributed by atoms with Gasteiger partial charge in [-0.1, -0.05) is 25.1 Å². The molecule has 5 rings (SSSR count). The molecule has 0 saturated carbocycles. The Morgan fingerprint density at radius 2 is 2.08 bits per heavy atom. The van der Waals surface area contributed by atoms with Crippen LogP contribution >= 0.6 is 0 Å². The third-order valence-corrected chi connectivity index (χ3v) is 6.77. The second-order valence-corrected chi connectivity index (χ2v) is 9.63. The molecule has 4 heterocycles. The topological polar surface area (TPSA) is 143 Å². The van der Waals surface area contributed by atoms with Gasteiger partial charge in [0.1, 0.15) is 0 Å². The van der Waals surface area contributed by atoms with Crippen molar-refractivity contribution in [2.75, 3.05) is 42.3 Å². The molecule has 37 heavy (non-hydrogen) atoms. The van der Waals surface area contributed by atoms with Crippen molar-refractivity contribution in [3.63, 3.8) is 0 Å². The van der Waals surface area contributed by atoms with Gasteiger partial charge in [0.2, 0.25) is 0 Å².